The van der Waals surface area contributed by atoms with Gasteiger partial charge in [0.05, 0.1) is 18.6 Å². The third-order valence-corrected chi connectivity index (χ3v) is 7.44. The average molecular weight is 390 g/mol. The summed E-state index contributed by atoms with van der Waals surface area (Å²) in [6.07, 6.45) is 4.64. The lowest BCUT2D eigenvalue weighted by molar-refractivity contribution is -0.187. The van der Waals surface area contributed by atoms with Crippen LogP contribution < -0.4 is 0 Å². The molecule has 0 radical (unpaired) electrons. The van der Waals surface area contributed by atoms with Gasteiger partial charge in [-0.25, -0.2) is 9.59 Å². The lowest BCUT2D eigenvalue weighted by atomic mass is 9.45. The number of aliphatic hydroxyl groups is 1. The van der Waals surface area contributed by atoms with Crippen LogP contribution in [-0.2, 0) is 28.6 Å². The van der Waals surface area contributed by atoms with Gasteiger partial charge >= 0.3 is 17.9 Å². The lowest BCUT2D eigenvalue weighted by Gasteiger charge is -2.59. The molecule has 0 spiro atoms. The van der Waals surface area contributed by atoms with Crippen molar-refractivity contribution in [3.8, 4) is 0 Å². The van der Waals surface area contributed by atoms with Gasteiger partial charge in [0, 0.05) is 11.0 Å². The third kappa shape index (κ3) is 2.63. The molecule has 2 aliphatic carbocycles. The fourth-order valence-corrected chi connectivity index (χ4v) is 6.12. The van der Waals surface area contributed by atoms with Crippen LogP contribution in [0.3, 0.4) is 0 Å². The molecule has 2 fully saturated rings. The molecule has 7 nitrogen and oxygen atoms in total. The first-order valence-corrected chi connectivity index (χ1v) is 9.81. The molecular formula is C21H26O7. The number of cyclic esters (lactones) is 2. The van der Waals surface area contributed by atoms with Crippen molar-refractivity contribution in [1.29, 1.82) is 0 Å². The van der Waals surface area contributed by atoms with Gasteiger partial charge in [-0.05, 0) is 49.5 Å². The van der Waals surface area contributed by atoms with Gasteiger partial charge in [-0.3, -0.25) is 4.79 Å². The number of ether oxygens (including phenoxy) is 3. The predicted molar refractivity (Wildman–Crippen MR) is 96.4 cm³/mol. The Morgan fingerprint density at radius 1 is 1.25 bits per heavy atom. The van der Waals surface area contributed by atoms with Crippen molar-refractivity contribution in [3.63, 3.8) is 0 Å². The molecule has 152 valence electrons. The molecule has 1 saturated heterocycles. The van der Waals surface area contributed by atoms with Gasteiger partial charge < -0.3 is 19.3 Å². The molecule has 28 heavy (non-hydrogen) atoms. The molecular weight excluding hydrogens is 364 g/mol. The Bertz CT molecular complexity index is 797. The lowest BCUT2D eigenvalue weighted by Crippen LogP contribution is -2.58. The maximum Gasteiger partial charge on any atom is 0.340 e. The van der Waals surface area contributed by atoms with Crippen LogP contribution >= 0.6 is 0 Å². The van der Waals surface area contributed by atoms with Gasteiger partial charge in [0.25, 0.3) is 0 Å². The summed E-state index contributed by atoms with van der Waals surface area (Å²) in [6, 6.07) is 0. The van der Waals surface area contributed by atoms with Crippen LogP contribution in [0.25, 0.3) is 0 Å². The summed E-state index contributed by atoms with van der Waals surface area (Å²) < 4.78 is 15.4. The minimum absolute atomic E-state index is 0.0798. The number of fused-ring (bicyclic) bond motifs is 3. The summed E-state index contributed by atoms with van der Waals surface area (Å²) in [7, 11) is 1.39. The molecule has 2 aliphatic heterocycles. The highest BCUT2D eigenvalue weighted by atomic mass is 16.6. The van der Waals surface area contributed by atoms with E-state index >= 15 is 0 Å². The molecule has 0 amide bonds. The molecule has 0 aromatic rings. The predicted octanol–water partition coefficient (Wildman–Crippen LogP) is 2.04. The van der Waals surface area contributed by atoms with E-state index in [-0.39, 0.29) is 34.8 Å². The van der Waals surface area contributed by atoms with Crippen LogP contribution in [0.2, 0.25) is 0 Å². The smallest absolute Gasteiger partial charge is 0.340 e. The first kappa shape index (κ1) is 19.2. The van der Waals surface area contributed by atoms with Crippen molar-refractivity contribution in [1.82, 2.24) is 0 Å². The van der Waals surface area contributed by atoms with E-state index in [0.717, 1.165) is 12.8 Å². The zero-order chi connectivity index (χ0) is 20.3. The molecule has 2 heterocycles. The van der Waals surface area contributed by atoms with Gasteiger partial charge in [-0.1, -0.05) is 19.9 Å². The van der Waals surface area contributed by atoms with E-state index < -0.39 is 23.8 Å². The fraction of sp³-hybridized carbons (Fsp3) is 0.667. The molecule has 6 unspecified atom stereocenters. The molecule has 0 aromatic carbocycles. The second-order valence-corrected chi connectivity index (χ2v) is 8.80. The number of esters is 3. The van der Waals surface area contributed by atoms with Crippen LogP contribution in [0.5, 0.6) is 0 Å². The van der Waals surface area contributed by atoms with Crippen molar-refractivity contribution >= 4 is 17.9 Å². The highest BCUT2D eigenvalue weighted by molar-refractivity contribution is 5.93. The van der Waals surface area contributed by atoms with Crippen molar-refractivity contribution in [2.45, 2.75) is 58.3 Å². The van der Waals surface area contributed by atoms with E-state index in [1.54, 1.807) is 0 Å². The topological polar surface area (TPSA) is 99.1 Å². The Morgan fingerprint density at radius 3 is 2.64 bits per heavy atom. The fourth-order valence-electron chi connectivity index (χ4n) is 6.12. The highest BCUT2D eigenvalue weighted by Crippen LogP contribution is 2.63. The Labute approximate surface area is 163 Å². The van der Waals surface area contributed by atoms with E-state index in [1.165, 1.54) is 13.2 Å². The van der Waals surface area contributed by atoms with Crippen molar-refractivity contribution in [2.24, 2.45) is 22.7 Å². The minimum Gasteiger partial charge on any atom is -0.466 e. The van der Waals surface area contributed by atoms with Crippen LogP contribution in [0, 0.1) is 22.7 Å². The molecule has 4 rings (SSSR count). The summed E-state index contributed by atoms with van der Waals surface area (Å²) in [5.41, 5.74) is 0.0709. The van der Waals surface area contributed by atoms with E-state index in [9.17, 15) is 19.5 Å². The number of hydrogen-bond acceptors (Lipinski definition) is 7. The van der Waals surface area contributed by atoms with E-state index in [1.807, 2.05) is 6.08 Å². The third-order valence-electron chi connectivity index (χ3n) is 7.44. The number of allylic oxidation sites excluding steroid dienone is 1. The summed E-state index contributed by atoms with van der Waals surface area (Å²) in [5, 5.41) is 9.60. The Hall–Kier alpha value is -2.15. The van der Waals surface area contributed by atoms with Gasteiger partial charge in [-0.2, -0.15) is 0 Å². The SMILES string of the molecule is COC(=O)C1=CCCC2C1(C)CCC1C(=O)OC(C3=CC(O)OC3=O)CC12C. The van der Waals surface area contributed by atoms with Gasteiger partial charge in [0.1, 0.15) is 6.10 Å². The van der Waals surface area contributed by atoms with Gasteiger partial charge in [0.2, 0.25) is 6.29 Å². The maximum absolute atomic E-state index is 12.9. The standard InChI is InChI=1S/C21H26O7/c1-20-8-7-13-19(25)27-14(11-9-16(22)28-17(11)23)10-21(13,2)15(20)6-4-5-12(20)18(24)26-3/h5,9,13-16,22H,4,6-8,10H2,1-3H3. The van der Waals surface area contributed by atoms with E-state index in [2.05, 4.69) is 13.8 Å². The Morgan fingerprint density at radius 2 is 2.00 bits per heavy atom. The summed E-state index contributed by atoms with van der Waals surface area (Å²) in [6.45, 7) is 4.16. The van der Waals surface area contributed by atoms with Crippen molar-refractivity contribution in [2.75, 3.05) is 7.11 Å². The largest absolute Gasteiger partial charge is 0.466 e. The first-order chi connectivity index (χ1) is 13.2. The van der Waals surface area contributed by atoms with Crippen LogP contribution in [-0.4, -0.2) is 42.5 Å². The Kier molecular flexibility index (Phi) is 4.41. The zero-order valence-electron chi connectivity index (χ0n) is 16.4. The minimum atomic E-state index is -1.30. The van der Waals surface area contributed by atoms with E-state index in [0.29, 0.717) is 24.8 Å². The van der Waals surface area contributed by atoms with Crippen molar-refractivity contribution in [3.05, 3.63) is 23.3 Å². The molecule has 4 aliphatic rings. The first-order valence-electron chi connectivity index (χ1n) is 9.81. The number of carbonyl (C=O) groups excluding carboxylic acids is 3. The monoisotopic (exact) mass is 390 g/mol. The number of aliphatic hydroxyl groups excluding tert-OH is 1. The maximum atomic E-state index is 12.9. The van der Waals surface area contributed by atoms with Gasteiger partial charge in [0.15, 0.2) is 0 Å². The quantitative estimate of drug-likeness (QED) is 0.569. The molecule has 0 aromatic heterocycles. The molecule has 1 saturated carbocycles. The van der Waals surface area contributed by atoms with Gasteiger partial charge in [-0.15, -0.1) is 0 Å². The molecule has 1 N–H and O–H groups in total. The number of carbonyl (C=O) groups is 3. The average Bonchev–Trinajstić information content (AvgIpc) is 2.98. The summed E-state index contributed by atoms with van der Waals surface area (Å²) in [4.78, 5) is 37.4. The normalized spacial score (nSPS) is 42.4. The van der Waals surface area contributed by atoms with Crippen LogP contribution in [0.1, 0.15) is 46.0 Å². The number of hydrogen-bond donors (Lipinski definition) is 1. The second kappa shape index (κ2) is 6.44. The zero-order valence-corrected chi connectivity index (χ0v) is 16.4. The summed E-state index contributed by atoms with van der Waals surface area (Å²) >= 11 is 0. The number of rotatable bonds is 2. The number of methoxy groups -OCH3 is 1. The van der Waals surface area contributed by atoms with Crippen LogP contribution in [0.4, 0.5) is 0 Å². The van der Waals surface area contributed by atoms with Crippen LogP contribution in [0.15, 0.2) is 23.3 Å². The van der Waals surface area contributed by atoms with E-state index in [4.69, 9.17) is 14.2 Å². The second-order valence-electron chi connectivity index (χ2n) is 8.80. The Balaban J connectivity index is 1.71. The highest BCUT2D eigenvalue weighted by Gasteiger charge is 2.62. The summed E-state index contributed by atoms with van der Waals surface area (Å²) in [5.74, 6) is -1.47. The molecule has 7 heteroatoms. The molecule has 6 atom stereocenters. The van der Waals surface area contributed by atoms with Crippen molar-refractivity contribution < 1.29 is 33.7 Å². The molecule has 0 bridgehead atoms.